The lowest BCUT2D eigenvalue weighted by Gasteiger charge is -2.00. The van der Waals surface area contributed by atoms with Crippen LogP contribution in [0.15, 0.2) is 66.2 Å². The van der Waals surface area contributed by atoms with Gasteiger partial charge in [0.05, 0.1) is 5.57 Å². The van der Waals surface area contributed by atoms with Crippen molar-refractivity contribution in [1.29, 1.82) is 0 Å². The molecule has 0 saturated carbocycles. The first-order chi connectivity index (χ1) is 9.74. The lowest BCUT2D eigenvalue weighted by molar-refractivity contribution is -0.130. The molecule has 2 aromatic rings. The number of esters is 1. The minimum absolute atomic E-state index is 0.358. The number of benzene rings is 2. The van der Waals surface area contributed by atoms with Crippen molar-refractivity contribution in [2.75, 3.05) is 0 Å². The summed E-state index contributed by atoms with van der Waals surface area (Å²) in [5.74, 6) is 0.206. The standard InChI is InChI=1S/C17H11ClO2/c18-15-9-5-4-8-13(15)10-14-11-16(20-17(14)19)12-6-2-1-3-7-12/h1-11H/b14-10-. The van der Waals surface area contributed by atoms with Crippen molar-refractivity contribution >= 4 is 29.4 Å². The number of rotatable bonds is 2. The highest BCUT2D eigenvalue weighted by molar-refractivity contribution is 6.32. The molecular weight excluding hydrogens is 272 g/mol. The summed E-state index contributed by atoms with van der Waals surface area (Å²) in [4.78, 5) is 11.9. The van der Waals surface area contributed by atoms with Crippen molar-refractivity contribution in [2.45, 2.75) is 0 Å². The van der Waals surface area contributed by atoms with E-state index in [0.717, 1.165) is 11.1 Å². The van der Waals surface area contributed by atoms with E-state index >= 15 is 0 Å². The maximum atomic E-state index is 11.9. The largest absolute Gasteiger partial charge is 0.422 e. The molecule has 2 nitrogen and oxygen atoms in total. The molecule has 0 bridgehead atoms. The van der Waals surface area contributed by atoms with Gasteiger partial charge in [0.25, 0.3) is 0 Å². The van der Waals surface area contributed by atoms with Gasteiger partial charge in [-0.3, -0.25) is 0 Å². The Labute approximate surface area is 122 Å². The summed E-state index contributed by atoms with van der Waals surface area (Å²) in [5.41, 5.74) is 2.17. The normalized spacial score (nSPS) is 16.1. The molecule has 2 aromatic carbocycles. The van der Waals surface area contributed by atoms with E-state index < -0.39 is 0 Å². The van der Waals surface area contributed by atoms with E-state index in [1.165, 1.54) is 0 Å². The van der Waals surface area contributed by atoms with E-state index in [-0.39, 0.29) is 5.97 Å². The van der Waals surface area contributed by atoms with Gasteiger partial charge >= 0.3 is 5.97 Å². The molecule has 0 unspecified atom stereocenters. The van der Waals surface area contributed by atoms with Gasteiger partial charge in [0.15, 0.2) is 0 Å². The molecule has 3 heteroatoms. The molecule has 3 rings (SSSR count). The zero-order valence-electron chi connectivity index (χ0n) is 10.5. The van der Waals surface area contributed by atoms with Crippen LogP contribution in [0.4, 0.5) is 0 Å². The van der Waals surface area contributed by atoms with Crippen LogP contribution in [-0.2, 0) is 9.53 Å². The van der Waals surface area contributed by atoms with Gasteiger partial charge in [-0.2, -0.15) is 0 Å². The summed E-state index contributed by atoms with van der Waals surface area (Å²) in [7, 11) is 0. The Morgan fingerprint density at radius 1 is 0.950 bits per heavy atom. The Morgan fingerprint density at radius 3 is 2.40 bits per heavy atom. The molecule has 0 saturated heterocycles. The van der Waals surface area contributed by atoms with Crippen LogP contribution in [0.5, 0.6) is 0 Å². The van der Waals surface area contributed by atoms with E-state index in [2.05, 4.69) is 0 Å². The lowest BCUT2D eigenvalue weighted by atomic mass is 10.1. The van der Waals surface area contributed by atoms with Crippen molar-refractivity contribution < 1.29 is 9.53 Å². The van der Waals surface area contributed by atoms with Crippen molar-refractivity contribution in [3.8, 4) is 0 Å². The van der Waals surface area contributed by atoms with Crippen LogP contribution in [0.3, 0.4) is 0 Å². The zero-order chi connectivity index (χ0) is 13.9. The second-order valence-corrected chi connectivity index (χ2v) is 4.79. The van der Waals surface area contributed by atoms with Crippen LogP contribution in [0.1, 0.15) is 11.1 Å². The van der Waals surface area contributed by atoms with Crippen LogP contribution < -0.4 is 0 Å². The number of hydrogen-bond acceptors (Lipinski definition) is 2. The number of carbonyl (C=O) groups excluding carboxylic acids is 1. The third-order valence-electron chi connectivity index (χ3n) is 3.00. The molecular formula is C17H11ClO2. The zero-order valence-corrected chi connectivity index (χ0v) is 11.3. The molecule has 1 aliphatic rings. The maximum absolute atomic E-state index is 11.9. The number of hydrogen-bond donors (Lipinski definition) is 0. The fraction of sp³-hybridized carbons (Fsp3) is 0. The van der Waals surface area contributed by atoms with Crippen LogP contribution in [0.25, 0.3) is 11.8 Å². The van der Waals surface area contributed by atoms with Crippen LogP contribution >= 0.6 is 11.6 Å². The molecule has 20 heavy (non-hydrogen) atoms. The number of cyclic esters (lactones) is 1. The quantitative estimate of drug-likeness (QED) is 0.606. The number of halogens is 1. The molecule has 0 spiro atoms. The van der Waals surface area contributed by atoms with Gasteiger partial charge in [0, 0.05) is 10.6 Å². The molecule has 0 N–H and O–H groups in total. The molecule has 0 radical (unpaired) electrons. The van der Waals surface area contributed by atoms with Gasteiger partial charge < -0.3 is 4.74 Å². The predicted molar refractivity (Wildman–Crippen MR) is 79.9 cm³/mol. The Morgan fingerprint density at radius 2 is 1.65 bits per heavy atom. The summed E-state index contributed by atoms with van der Waals surface area (Å²) in [6.07, 6.45) is 3.47. The van der Waals surface area contributed by atoms with Crippen molar-refractivity contribution in [1.82, 2.24) is 0 Å². The summed E-state index contributed by atoms with van der Waals surface area (Å²) in [6.45, 7) is 0. The fourth-order valence-corrected chi connectivity index (χ4v) is 2.18. The monoisotopic (exact) mass is 282 g/mol. The SMILES string of the molecule is O=C1OC(c2ccccc2)=C/C1=C/c1ccccc1Cl. The second-order valence-electron chi connectivity index (χ2n) is 4.39. The highest BCUT2D eigenvalue weighted by Gasteiger charge is 2.21. The molecule has 0 amide bonds. The smallest absolute Gasteiger partial charge is 0.343 e. The van der Waals surface area contributed by atoms with Crippen molar-refractivity contribution in [2.24, 2.45) is 0 Å². The number of ether oxygens (including phenoxy) is 1. The van der Waals surface area contributed by atoms with E-state index in [0.29, 0.717) is 16.4 Å². The first-order valence-corrected chi connectivity index (χ1v) is 6.57. The third-order valence-corrected chi connectivity index (χ3v) is 3.34. The summed E-state index contributed by atoms with van der Waals surface area (Å²) >= 11 is 6.09. The van der Waals surface area contributed by atoms with Crippen LogP contribution in [-0.4, -0.2) is 5.97 Å². The van der Waals surface area contributed by atoms with Crippen molar-refractivity contribution in [3.05, 3.63) is 82.4 Å². The summed E-state index contributed by atoms with van der Waals surface area (Å²) < 4.78 is 5.28. The third kappa shape index (κ3) is 2.51. The maximum Gasteiger partial charge on any atom is 0.343 e. The Balaban J connectivity index is 1.97. The first kappa shape index (κ1) is 12.7. The van der Waals surface area contributed by atoms with E-state index in [9.17, 15) is 4.79 Å². The van der Waals surface area contributed by atoms with Crippen LogP contribution in [0.2, 0.25) is 5.02 Å². The highest BCUT2D eigenvalue weighted by atomic mass is 35.5. The first-order valence-electron chi connectivity index (χ1n) is 6.19. The fourth-order valence-electron chi connectivity index (χ4n) is 1.99. The van der Waals surface area contributed by atoms with Gasteiger partial charge in [-0.1, -0.05) is 60.1 Å². The average molecular weight is 283 g/mol. The lowest BCUT2D eigenvalue weighted by Crippen LogP contribution is -1.97. The minimum atomic E-state index is -0.358. The molecule has 0 atom stereocenters. The predicted octanol–water partition coefficient (Wildman–Crippen LogP) is 4.32. The van der Waals surface area contributed by atoms with E-state index in [1.807, 2.05) is 48.5 Å². The molecule has 0 aromatic heterocycles. The van der Waals surface area contributed by atoms with E-state index in [4.69, 9.17) is 16.3 Å². The summed E-state index contributed by atoms with van der Waals surface area (Å²) in [5, 5.41) is 0.606. The van der Waals surface area contributed by atoms with Gasteiger partial charge in [-0.25, -0.2) is 4.79 Å². The second kappa shape index (κ2) is 5.35. The molecule has 0 aliphatic carbocycles. The van der Waals surface area contributed by atoms with E-state index in [1.54, 1.807) is 18.2 Å². The molecule has 1 aliphatic heterocycles. The van der Waals surface area contributed by atoms with Crippen molar-refractivity contribution in [3.63, 3.8) is 0 Å². The average Bonchev–Trinajstić information content (AvgIpc) is 2.84. The minimum Gasteiger partial charge on any atom is -0.422 e. The Hall–Kier alpha value is -2.32. The van der Waals surface area contributed by atoms with Gasteiger partial charge in [-0.05, 0) is 23.8 Å². The Kier molecular flexibility index (Phi) is 3.40. The topological polar surface area (TPSA) is 26.3 Å². The highest BCUT2D eigenvalue weighted by Crippen LogP contribution is 2.28. The molecule has 1 heterocycles. The molecule has 0 fully saturated rings. The number of carbonyl (C=O) groups is 1. The van der Waals surface area contributed by atoms with Crippen LogP contribution in [0, 0.1) is 0 Å². The van der Waals surface area contributed by atoms with Gasteiger partial charge in [-0.15, -0.1) is 0 Å². The van der Waals surface area contributed by atoms with Gasteiger partial charge in [0.2, 0.25) is 0 Å². The van der Waals surface area contributed by atoms with Gasteiger partial charge in [0.1, 0.15) is 5.76 Å². The molecule has 98 valence electrons. The Bertz CT molecular complexity index is 715. The summed E-state index contributed by atoms with van der Waals surface area (Å²) in [6, 6.07) is 16.9.